The zero-order valence-corrected chi connectivity index (χ0v) is 11.8. The molecule has 20 heavy (non-hydrogen) atoms. The normalized spacial score (nSPS) is 18.1. The molecule has 3 N–H and O–H groups in total. The van der Waals surface area contributed by atoms with Crippen molar-refractivity contribution in [3.05, 3.63) is 17.8 Å². The zero-order chi connectivity index (χ0) is 14.1. The molecule has 0 aliphatic heterocycles. The molecule has 1 aromatic rings. The molecule has 5 nitrogen and oxygen atoms in total. The van der Waals surface area contributed by atoms with Crippen molar-refractivity contribution in [3.8, 4) is 0 Å². The van der Waals surface area contributed by atoms with Crippen LogP contribution in [0.4, 0.5) is 11.5 Å². The van der Waals surface area contributed by atoms with Crippen LogP contribution in [0.15, 0.2) is 12.3 Å². The Balaban J connectivity index is 1.81. The van der Waals surface area contributed by atoms with E-state index < -0.39 is 0 Å². The maximum atomic E-state index is 12.0. The molecule has 0 atom stereocenters. The molecule has 2 aliphatic carbocycles. The summed E-state index contributed by atoms with van der Waals surface area (Å²) in [7, 11) is 0. The summed E-state index contributed by atoms with van der Waals surface area (Å²) in [6, 6.07) is 2.09. The average molecular weight is 275 g/mol. The Hall–Kier alpha value is -1.78. The molecule has 2 saturated carbocycles. The minimum atomic E-state index is -0.361. The fourth-order valence-electron chi connectivity index (χ4n) is 2.65. The lowest BCUT2D eigenvalue weighted by Crippen LogP contribution is -2.26. The van der Waals surface area contributed by atoms with Gasteiger partial charge in [0.15, 0.2) is 0 Å². The van der Waals surface area contributed by atoms with Crippen LogP contribution in [0.3, 0.4) is 0 Å². The van der Waals surface area contributed by atoms with Crippen molar-refractivity contribution in [2.45, 2.75) is 38.6 Å². The fraction of sp³-hybridized carbons (Fsp3) is 0.600. The zero-order valence-electron chi connectivity index (χ0n) is 11.8. The Labute approximate surface area is 118 Å². The van der Waals surface area contributed by atoms with Crippen LogP contribution < -0.4 is 11.1 Å². The van der Waals surface area contributed by atoms with Gasteiger partial charge in [0.05, 0.1) is 18.5 Å². The van der Waals surface area contributed by atoms with Gasteiger partial charge in [-0.25, -0.2) is 9.78 Å². The third-order valence-electron chi connectivity index (χ3n) is 3.97. The predicted molar refractivity (Wildman–Crippen MR) is 77.5 cm³/mol. The number of aromatic nitrogens is 1. The van der Waals surface area contributed by atoms with Gasteiger partial charge in [-0.05, 0) is 50.5 Å². The smallest absolute Gasteiger partial charge is 0.341 e. The highest BCUT2D eigenvalue weighted by Gasteiger charge is 2.42. The highest BCUT2D eigenvalue weighted by atomic mass is 16.5. The summed E-state index contributed by atoms with van der Waals surface area (Å²) in [4.78, 5) is 16.3. The average Bonchev–Trinajstić information content (AvgIpc) is 3.28. The number of carbonyl (C=O) groups excluding carboxylic acids is 1. The number of anilines is 2. The number of nitrogens with zero attached hydrogens (tertiary/aromatic N) is 1. The first-order valence-electron chi connectivity index (χ1n) is 7.38. The number of nitrogens with two attached hydrogens (primary N) is 1. The van der Waals surface area contributed by atoms with Crippen molar-refractivity contribution in [2.75, 3.05) is 17.7 Å². The minimum absolute atomic E-state index is 0.349. The van der Waals surface area contributed by atoms with Gasteiger partial charge in [0.2, 0.25) is 0 Å². The minimum Gasteiger partial charge on any atom is -0.462 e. The van der Waals surface area contributed by atoms with Crippen LogP contribution >= 0.6 is 0 Å². The molecule has 108 valence electrons. The molecule has 0 radical (unpaired) electrons. The van der Waals surface area contributed by atoms with Crippen LogP contribution in [0.1, 0.15) is 43.0 Å². The van der Waals surface area contributed by atoms with Gasteiger partial charge in [0, 0.05) is 6.04 Å². The highest BCUT2D eigenvalue weighted by molar-refractivity contribution is 5.95. The first-order chi connectivity index (χ1) is 9.69. The monoisotopic (exact) mass is 275 g/mol. The van der Waals surface area contributed by atoms with Gasteiger partial charge in [0.1, 0.15) is 11.4 Å². The van der Waals surface area contributed by atoms with Crippen molar-refractivity contribution >= 4 is 17.5 Å². The van der Waals surface area contributed by atoms with Gasteiger partial charge >= 0.3 is 5.97 Å². The molecule has 2 fully saturated rings. The largest absolute Gasteiger partial charge is 0.462 e. The molecule has 1 heterocycles. The van der Waals surface area contributed by atoms with E-state index in [0.717, 1.165) is 11.8 Å². The van der Waals surface area contributed by atoms with E-state index in [2.05, 4.69) is 10.3 Å². The standard InChI is InChI=1S/C15H21N3O2/c1-2-20-15(19)12-7-11(16)8-17-14(12)18-13(9-3-4-9)10-5-6-10/h7-10,13H,2-6,16H2,1H3,(H,17,18). The molecule has 0 spiro atoms. The molecule has 0 aromatic carbocycles. The van der Waals surface area contributed by atoms with E-state index in [0.29, 0.717) is 29.7 Å². The molecular formula is C15H21N3O2. The summed E-state index contributed by atoms with van der Waals surface area (Å²) in [5.74, 6) is 1.72. The van der Waals surface area contributed by atoms with E-state index in [9.17, 15) is 4.79 Å². The molecule has 0 unspecified atom stereocenters. The number of nitrogen functional groups attached to an aromatic ring is 1. The van der Waals surface area contributed by atoms with E-state index >= 15 is 0 Å². The molecule has 5 heteroatoms. The van der Waals surface area contributed by atoms with Crippen LogP contribution in [-0.2, 0) is 4.74 Å². The maximum Gasteiger partial charge on any atom is 0.341 e. The molecule has 1 aromatic heterocycles. The van der Waals surface area contributed by atoms with E-state index in [1.54, 1.807) is 19.2 Å². The summed E-state index contributed by atoms with van der Waals surface area (Å²) in [5.41, 5.74) is 6.66. The van der Waals surface area contributed by atoms with Gasteiger partial charge in [-0.2, -0.15) is 0 Å². The lowest BCUT2D eigenvalue weighted by Gasteiger charge is -2.20. The van der Waals surface area contributed by atoms with Crippen molar-refractivity contribution in [1.29, 1.82) is 0 Å². The second kappa shape index (κ2) is 5.31. The maximum absolute atomic E-state index is 12.0. The molecule has 2 aliphatic rings. The number of hydrogen-bond acceptors (Lipinski definition) is 5. The molecular weight excluding hydrogens is 254 g/mol. The van der Waals surface area contributed by atoms with Crippen LogP contribution in [0.25, 0.3) is 0 Å². The first kappa shape index (κ1) is 13.2. The number of esters is 1. The predicted octanol–water partition coefficient (Wildman–Crippen LogP) is 2.44. The van der Waals surface area contributed by atoms with Gasteiger partial charge in [-0.15, -0.1) is 0 Å². The van der Waals surface area contributed by atoms with Crippen molar-refractivity contribution < 1.29 is 9.53 Å². The number of rotatable bonds is 6. The number of pyridine rings is 1. The third kappa shape index (κ3) is 2.86. The van der Waals surface area contributed by atoms with Gasteiger partial charge in [-0.1, -0.05) is 0 Å². The molecule has 3 rings (SSSR count). The first-order valence-corrected chi connectivity index (χ1v) is 7.38. The summed E-state index contributed by atoms with van der Waals surface area (Å²) in [5, 5.41) is 3.47. The summed E-state index contributed by atoms with van der Waals surface area (Å²) < 4.78 is 5.08. The van der Waals surface area contributed by atoms with Crippen LogP contribution in [0, 0.1) is 11.8 Å². The van der Waals surface area contributed by atoms with Crippen LogP contribution in [0.2, 0.25) is 0 Å². The molecule has 0 bridgehead atoms. The Morgan fingerprint density at radius 1 is 1.45 bits per heavy atom. The second-order valence-electron chi connectivity index (χ2n) is 5.73. The number of nitrogens with one attached hydrogen (secondary N) is 1. The number of carbonyl (C=O) groups is 1. The van der Waals surface area contributed by atoms with Gasteiger partial charge in [0.25, 0.3) is 0 Å². The van der Waals surface area contributed by atoms with Gasteiger partial charge < -0.3 is 15.8 Å². The highest BCUT2D eigenvalue weighted by Crippen LogP contribution is 2.46. The third-order valence-corrected chi connectivity index (χ3v) is 3.97. The van der Waals surface area contributed by atoms with E-state index in [1.165, 1.54) is 25.7 Å². The fourth-order valence-corrected chi connectivity index (χ4v) is 2.65. The molecule has 0 amide bonds. The second-order valence-corrected chi connectivity index (χ2v) is 5.73. The summed E-state index contributed by atoms with van der Waals surface area (Å²) in [6.07, 6.45) is 6.69. The van der Waals surface area contributed by atoms with Crippen molar-refractivity contribution in [3.63, 3.8) is 0 Å². The van der Waals surface area contributed by atoms with Crippen molar-refractivity contribution in [2.24, 2.45) is 11.8 Å². The Kier molecular flexibility index (Phi) is 3.51. The number of ether oxygens (including phenoxy) is 1. The lowest BCUT2D eigenvalue weighted by atomic mass is 10.1. The van der Waals surface area contributed by atoms with E-state index in [4.69, 9.17) is 10.5 Å². The quantitative estimate of drug-likeness (QED) is 0.780. The number of hydrogen-bond donors (Lipinski definition) is 2. The summed E-state index contributed by atoms with van der Waals surface area (Å²) in [6.45, 7) is 2.14. The Morgan fingerprint density at radius 3 is 2.65 bits per heavy atom. The molecule has 0 saturated heterocycles. The van der Waals surface area contributed by atoms with Gasteiger partial charge in [-0.3, -0.25) is 0 Å². The Bertz CT molecular complexity index is 498. The van der Waals surface area contributed by atoms with Crippen LogP contribution in [0.5, 0.6) is 0 Å². The Morgan fingerprint density at radius 2 is 2.10 bits per heavy atom. The topological polar surface area (TPSA) is 77.2 Å². The summed E-state index contributed by atoms with van der Waals surface area (Å²) >= 11 is 0. The van der Waals surface area contributed by atoms with Crippen LogP contribution in [-0.4, -0.2) is 23.6 Å². The van der Waals surface area contributed by atoms with E-state index in [1.807, 2.05) is 0 Å². The van der Waals surface area contributed by atoms with E-state index in [-0.39, 0.29) is 5.97 Å². The SMILES string of the molecule is CCOC(=O)c1cc(N)cnc1NC(C1CC1)C1CC1. The lowest BCUT2D eigenvalue weighted by molar-refractivity contribution is 0.0527. The van der Waals surface area contributed by atoms with Crippen molar-refractivity contribution in [1.82, 2.24) is 4.98 Å².